The van der Waals surface area contributed by atoms with Crippen LogP contribution in [-0.2, 0) is 6.42 Å². The van der Waals surface area contributed by atoms with Crippen molar-refractivity contribution in [3.8, 4) is 0 Å². The normalized spacial score (nSPS) is 10.1. The molecule has 0 aliphatic heterocycles. The Bertz CT molecular complexity index is 422. The number of carbonyl (C=O) groups excluding carboxylic acids is 1. The van der Waals surface area contributed by atoms with Crippen LogP contribution in [0.4, 0.5) is 0 Å². The Morgan fingerprint density at radius 2 is 2.07 bits per heavy atom. The molecule has 2 nitrogen and oxygen atoms in total. The number of rotatable bonds is 4. The number of Topliss-reactive ketones (excluding diaryl/α,β-unsaturated/α-hetero) is 1. The van der Waals surface area contributed by atoms with Gasteiger partial charge in [0.25, 0.3) is 0 Å². The Labute approximate surface area is 92.6 Å². The first-order valence-electron chi connectivity index (χ1n) is 4.80. The maximum atomic E-state index is 11.7. The fraction of sp³-hybridized carbons (Fsp3) is 0.167. The number of aryl methyl sites for hydroxylation is 1. The van der Waals surface area contributed by atoms with Crippen LogP contribution in [0.1, 0.15) is 22.3 Å². The van der Waals surface area contributed by atoms with Crippen LogP contribution in [0, 0.1) is 0 Å². The molecule has 0 saturated heterocycles. The van der Waals surface area contributed by atoms with Crippen LogP contribution in [0.2, 0.25) is 0 Å². The van der Waals surface area contributed by atoms with Crippen LogP contribution in [0.15, 0.2) is 41.4 Å². The number of nitrogens with zero attached hydrogens (tertiary/aromatic N) is 1. The third kappa shape index (κ3) is 2.73. The highest BCUT2D eigenvalue weighted by molar-refractivity contribution is 7.07. The molecule has 2 aromatic rings. The van der Waals surface area contributed by atoms with Gasteiger partial charge in [-0.15, -0.1) is 0 Å². The molecule has 2 aromatic heterocycles. The highest BCUT2D eigenvalue weighted by Gasteiger charge is 2.05. The molecular weight excluding hydrogens is 206 g/mol. The van der Waals surface area contributed by atoms with E-state index in [1.165, 1.54) is 5.56 Å². The first kappa shape index (κ1) is 10.1. The Balaban J connectivity index is 1.94. The average molecular weight is 217 g/mol. The summed E-state index contributed by atoms with van der Waals surface area (Å²) in [6.45, 7) is 0. The minimum atomic E-state index is 0.184. The highest BCUT2D eigenvalue weighted by atomic mass is 32.1. The standard InChI is InChI=1S/C12H11NOS/c14-12(11-3-6-13-7-4-11)2-1-10-5-8-15-9-10/h3-9H,1-2H2. The molecule has 0 bridgehead atoms. The van der Waals surface area contributed by atoms with Crippen LogP contribution in [0.3, 0.4) is 0 Å². The number of aromatic nitrogens is 1. The van der Waals surface area contributed by atoms with Crippen LogP contribution in [-0.4, -0.2) is 10.8 Å². The maximum absolute atomic E-state index is 11.7. The number of carbonyl (C=O) groups is 1. The fourth-order valence-electron chi connectivity index (χ4n) is 1.37. The predicted molar refractivity (Wildman–Crippen MR) is 61.2 cm³/mol. The zero-order chi connectivity index (χ0) is 10.5. The summed E-state index contributed by atoms with van der Waals surface area (Å²) in [7, 11) is 0. The van der Waals surface area contributed by atoms with Gasteiger partial charge in [-0.2, -0.15) is 11.3 Å². The van der Waals surface area contributed by atoms with Crippen LogP contribution in [0.5, 0.6) is 0 Å². The maximum Gasteiger partial charge on any atom is 0.163 e. The van der Waals surface area contributed by atoms with Crippen LogP contribution in [0.25, 0.3) is 0 Å². The van der Waals surface area contributed by atoms with Gasteiger partial charge in [0.1, 0.15) is 0 Å². The van der Waals surface area contributed by atoms with E-state index < -0.39 is 0 Å². The van der Waals surface area contributed by atoms with Crippen LogP contribution >= 0.6 is 11.3 Å². The molecule has 2 rings (SSSR count). The summed E-state index contributed by atoms with van der Waals surface area (Å²) in [4.78, 5) is 15.6. The summed E-state index contributed by atoms with van der Waals surface area (Å²) in [6, 6.07) is 5.58. The zero-order valence-corrected chi connectivity index (χ0v) is 9.04. The second-order valence-corrected chi connectivity index (χ2v) is 4.07. The largest absolute Gasteiger partial charge is 0.294 e. The molecular formula is C12H11NOS. The second kappa shape index (κ2) is 4.84. The summed E-state index contributed by atoms with van der Waals surface area (Å²) in [6.07, 6.45) is 4.70. The van der Waals surface area contributed by atoms with Gasteiger partial charge >= 0.3 is 0 Å². The van der Waals surface area contributed by atoms with E-state index in [4.69, 9.17) is 0 Å². The summed E-state index contributed by atoms with van der Waals surface area (Å²) >= 11 is 1.67. The van der Waals surface area contributed by atoms with E-state index in [-0.39, 0.29) is 5.78 Å². The molecule has 3 heteroatoms. The SMILES string of the molecule is O=C(CCc1ccsc1)c1ccncc1. The van der Waals surface area contributed by atoms with Crippen molar-refractivity contribution in [2.75, 3.05) is 0 Å². The van der Waals surface area contributed by atoms with E-state index in [9.17, 15) is 4.79 Å². The fourth-order valence-corrected chi connectivity index (χ4v) is 2.08. The lowest BCUT2D eigenvalue weighted by molar-refractivity contribution is 0.0983. The van der Waals surface area contributed by atoms with Gasteiger partial charge in [-0.25, -0.2) is 0 Å². The minimum Gasteiger partial charge on any atom is -0.294 e. The van der Waals surface area contributed by atoms with E-state index in [1.54, 1.807) is 35.9 Å². The molecule has 0 atom stereocenters. The van der Waals surface area contributed by atoms with Gasteiger partial charge in [0.05, 0.1) is 0 Å². The lowest BCUT2D eigenvalue weighted by atomic mass is 10.1. The summed E-state index contributed by atoms with van der Waals surface area (Å²) in [5.74, 6) is 0.184. The molecule has 0 unspecified atom stereocenters. The van der Waals surface area contributed by atoms with Gasteiger partial charge in [0.15, 0.2) is 5.78 Å². The first-order valence-corrected chi connectivity index (χ1v) is 5.75. The van der Waals surface area contributed by atoms with Crippen molar-refractivity contribution in [2.45, 2.75) is 12.8 Å². The van der Waals surface area contributed by atoms with Crippen molar-refractivity contribution in [2.24, 2.45) is 0 Å². The van der Waals surface area contributed by atoms with Crippen molar-refractivity contribution < 1.29 is 4.79 Å². The topological polar surface area (TPSA) is 30.0 Å². The number of pyridine rings is 1. The third-order valence-corrected chi connectivity index (χ3v) is 2.96. The van der Waals surface area contributed by atoms with E-state index in [0.29, 0.717) is 6.42 Å². The lowest BCUT2D eigenvalue weighted by Crippen LogP contribution is -2.00. The third-order valence-electron chi connectivity index (χ3n) is 2.22. The molecule has 0 amide bonds. The molecule has 2 heterocycles. The summed E-state index contributed by atoms with van der Waals surface area (Å²) in [5, 5.41) is 4.12. The lowest BCUT2D eigenvalue weighted by Gasteiger charge is -1.98. The molecule has 0 aliphatic carbocycles. The molecule has 0 aromatic carbocycles. The smallest absolute Gasteiger partial charge is 0.163 e. The first-order chi connectivity index (χ1) is 7.36. The van der Waals surface area contributed by atoms with Crippen molar-refractivity contribution in [1.29, 1.82) is 0 Å². The second-order valence-electron chi connectivity index (χ2n) is 3.29. The van der Waals surface area contributed by atoms with Crippen molar-refractivity contribution in [3.63, 3.8) is 0 Å². The monoisotopic (exact) mass is 217 g/mol. The van der Waals surface area contributed by atoms with E-state index in [1.807, 2.05) is 5.38 Å². The predicted octanol–water partition coefficient (Wildman–Crippen LogP) is 2.96. The van der Waals surface area contributed by atoms with Crippen LogP contribution < -0.4 is 0 Å². The van der Waals surface area contributed by atoms with Gasteiger partial charge in [0, 0.05) is 24.4 Å². The molecule has 0 fully saturated rings. The number of thiophene rings is 1. The van der Waals surface area contributed by atoms with Crippen molar-refractivity contribution in [1.82, 2.24) is 4.98 Å². The van der Waals surface area contributed by atoms with Gasteiger partial charge in [-0.3, -0.25) is 9.78 Å². The Hall–Kier alpha value is -1.48. The van der Waals surface area contributed by atoms with Crippen molar-refractivity contribution in [3.05, 3.63) is 52.5 Å². The van der Waals surface area contributed by atoms with E-state index in [0.717, 1.165) is 12.0 Å². The van der Waals surface area contributed by atoms with E-state index >= 15 is 0 Å². The van der Waals surface area contributed by atoms with Gasteiger partial charge in [-0.05, 0) is 40.9 Å². The molecule has 0 N–H and O–H groups in total. The van der Waals surface area contributed by atoms with Gasteiger partial charge < -0.3 is 0 Å². The summed E-state index contributed by atoms with van der Waals surface area (Å²) in [5.41, 5.74) is 1.99. The quantitative estimate of drug-likeness (QED) is 0.737. The molecule has 0 aliphatic rings. The molecule has 76 valence electrons. The molecule has 0 spiro atoms. The van der Waals surface area contributed by atoms with Gasteiger partial charge in [-0.1, -0.05) is 0 Å². The van der Waals surface area contributed by atoms with Gasteiger partial charge in [0.2, 0.25) is 0 Å². The number of ketones is 1. The minimum absolute atomic E-state index is 0.184. The van der Waals surface area contributed by atoms with E-state index in [2.05, 4.69) is 16.4 Å². The summed E-state index contributed by atoms with van der Waals surface area (Å²) < 4.78 is 0. The molecule has 0 radical (unpaired) electrons. The number of hydrogen-bond acceptors (Lipinski definition) is 3. The Morgan fingerprint density at radius 3 is 2.73 bits per heavy atom. The molecule has 15 heavy (non-hydrogen) atoms. The highest BCUT2D eigenvalue weighted by Crippen LogP contribution is 2.10. The Kier molecular flexibility index (Phi) is 3.25. The number of hydrogen-bond donors (Lipinski definition) is 0. The average Bonchev–Trinajstić information content (AvgIpc) is 2.80. The zero-order valence-electron chi connectivity index (χ0n) is 8.22. The Morgan fingerprint density at radius 1 is 1.27 bits per heavy atom. The molecule has 0 saturated carbocycles. The van der Waals surface area contributed by atoms with Crippen molar-refractivity contribution >= 4 is 17.1 Å².